The molecule has 0 bridgehead atoms. The SMILES string of the molecule is COc1ccc(CCCc2nnc(SCc3ccc(Br)cc3)o2)cc1C. The molecule has 0 aliphatic heterocycles. The quantitative estimate of drug-likeness (QED) is 0.432. The number of hydrogen-bond donors (Lipinski definition) is 0. The Balaban J connectivity index is 1.46. The van der Waals surface area contributed by atoms with Gasteiger partial charge in [0.1, 0.15) is 5.75 Å². The van der Waals surface area contributed by atoms with E-state index < -0.39 is 0 Å². The van der Waals surface area contributed by atoms with E-state index in [-0.39, 0.29) is 0 Å². The second-order valence-corrected chi connectivity index (χ2v) is 7.88. The molecule has 3 aromatic rings. The standard InChI is InChI=1S/C20H21BrN2O2S/c1-14-12-15(8-11-18(14)24-2)4-3-5-19-22-23-20(25-19)26-13-16-6-9-17(21)10-7-16/h6-12H,3-5,13H2,1-2H3. The molecule has 2 aromatic carbocycles. The molecule has 4 nitrogen and oxygen atoms in total. The third-order valence-electron chi connectivity index (χ3n) is 4.04. The minimum atomic E-state index is 0.628. The minimum Gasteiger partial charge on any atom is -0.496 e. The molecule has 0 fully saturated rings. The Morgan fingerprint density at radius 1 is 1.04 bits per heavy atom. The molecule has 0 saturated heterocycles. The van der Waals surface area contributed by atoms with Gasteiger partial charge in [0.25, 0.3) is 5.22 Å². The number of rotatable bonds is 8. The fraction of sp³-hybridized carbons (Fsp3) is 0.300. The number of aryl methyl sites for hydroxylation is 3. The predicted octanol–water partition coefficient (Wildman–Crippen LogP) is 5.62. The van der Waals surface area contributed by atoms with Crippen molar-refractivity contribution in [1.82, 2.24) is 10.2 Å². The molecule has 0 unspecified atom stereocenters. The zero-order chi connectivity index (χ0) is 18.4. The lowest BCUT2D eigenvalue weighted by molar-refractivity contribution is 0.408. The maximum Gasteiger partial charge on any atom is 0.276 e. The molecule has 0 amide bonds. The molecule has 0 aliphatic rings. The average molecular weight is 433 g/mol. The van der Waals surface area contributed by atoms with Crippen molar-refractivity contribution >= 4 is 27.7 Å². The molecule has 1 heterocycles. The van der Waals surface area contributed by atoms with Crippen LogP contribution < -0.4 is 4.74 Å². The smallest absolute Gasteiger partial charge is 0.276 e. The molecule has 0 atom stereocenters. The topological polar surface area (TPSA) is 48.2 Å². The molecule has 3 rings (SSSR count). The van der Waals surface area contributed by atoms with Gasteiger partial charge in [0.15, 0.2) is 0 Å². The monoisotopic (exact) mass is 432 g/mol. The van der Waals surface area contributed by atoms with E-state index in [0.29, 0.717) is 11.1 Å². The summed E-state index contributed by atoms with van der Waals surface area (Å²) in [5.74, 6) is 2.45. The van der Waals surface area contributed by atoms with E-state index in [1.807, 2.05) is 18.2 Å². The van der Waals surface area contributed by atoms with Crippen LogP contribution in [0.15, 0.2) is 56.6 Å². The normalized spacial score (nSPS) is 10.9. The van der Waals surface area contributed by atoms with Gasteiger partial charge in [0.2, 0.25) is 5.89 Å². The van der Waals surface area contributed by atoms with E-state index in [9.17, 15) is 0 Å². The summed E-state index contributed by atoms with van der Waals surface area (Å²) in [6, 6.07) is 14.6. The number of nitrogens with zero attached hydrogens (tertiary/aromatic N) is 2. The molecule has 0 saturated carbocycles. The number of hydrogen-bond acceptors (Lipinski definition) is 5. The van der Waals surface area contributed by atoms with Crippen LogP contribution in [0.5, 0.6) is 5.75 Å². The fourth-order valence-corrected chi connectivity index (χ4v) is 3.66. The summed E-state index contributed by atoms with van der Waals surface area (Å²) in [7, 11) is 1.70. The zero-order valence-corrected chi connectivity index (χ0v) is 17.3. The van der Waals surface area contributed by atoms with E-state index in [1.54, 1.807) is 18.9 Å². The third-order valence-corrected chi connectivity index (χ3v) is 5.46. The number of aromatic nitrogens is 2. The van der Waals surface area contributed by atoms with Gasteiger partial charge >= 0.3 is 0 Å². The first-order valence-electron chi connectivity index (χ1n) is 8.47. The van der Waals surface area contributed by atoms with Crippen molar-refractivity contribution in [2.75, 3.05) is 7.11 Å². The van der Waals surface area contributed by atoms with Crippen LogP contribution in [0.25, 0.3) is 0 Å². The Labute approximate surface area is 166 Å². The van der Waals surface area contributed by atoms with Gasteiger partial charge in [-0.15, -0.1) is 10.2 Å². The van der Waals surface area contributed by atoms with E-state index in [1.165, 1.54) is 11.1 Å². The summed E-state index contributed by atoms with van der Waals surface area (Å²) in [6.45, 7) is 2.06. The first-order valence-corrected chi connectivity index (χ1v) is 10.2. The summed E-state index contributed by atoms with van der Waals surface area (Å²) < 4.78 is 12.1. The molecule has 0 spiro atoms. The van der Waals surface area contributed by atoms with Gasteiger partial charge in [0.05, 0.1) is 7.11 Å². The highest BCUT2D eigenvalue weighted by atomic mass is 79.9. The van der Waals surface area contributed by atoms with Crippen LogP contribution >= 0.6 is 27.7 Å². The summed E-state index contributed by atoms with van der Waals surface area (Å²) in [6.07, 6.45) is 2.75. The van der Waals surface area contributed by atoms with Crippen molar-refractivity contribution in [2.45, 2.75) is 37.2 Å². The van der Waals surface area contributed by atoms with Gasteiger partial charge in [-0.2, -0.15) is 0 Å². The van der Waals surface area contributed by atoms with Crippen LogP contribution in [-0.4, -0.2) is 17.3 Å². The van der Waals surface area contributed by atoms with Gasteiger partial charge in [0, 0.05) is 16.6 Å². The number of ether oxygens (including phenoxy) is 1. The van der Waals surface area contributed by atoms with E-state index >= 15 is 0 Å². The lowest BCUT2D eigenvalue weighted by Crippen LogP contribution is -1.93. The minimum absolute atomic E-state index is 0.628. The van der Waals surface area contributed by atoms with Crippen molar-refractivity contribution in [3.8, 4) is 5.75 Å². The van der Waals surface area contributed by atoms with Crippen molar-refractivity contribution in [3.63, 3.8) is 0 Å². The van der Waals surface area contributed by atoms with Gasteiger partial charge in [-0.1, -0.05) is 52.0 Å². The number of thioether (sulfide) groups is 1. The van der Waals surface area contributed by atoms with Crippen molar-refractivity contribution < 1.29 is 9.15 Å². The highest BCUT2D eigenvalue weighted by Gasteiger charge is 2.08. The Morgan fingerprint density at radius 2 is 1.81 bits per heavy atom. The predicted molar refractivity (Wildman–Crippen MR) is 108 cm³/mol. The maximum atomic E-state index is 5.74. The molecule has 26 heavy (non-hydrogen) atoms. The molecule has 0 aliphatic carbocycles. The Hall–Kier alpha value is -1.79. The Bertz CT molecular complexity index is 849. The summed E-state index contributed by atoms with van der Waals surface area (Å²) in [5.41, 5.74) is 3.69. The van der Waals surface area contributed by atoms with Gasteiger partial charge < -0.3 is 9.15 Å². The number of benzene rings is 2. The molecular weight excluding hydrogens is 412 g/mol. The zero-order valence-electron chi connectivity index (χ0n) is 14.9. The van der Waals surface area contributed by atoms with Crippen molar-refractivity contribution in [1.29, 1.82) is 0 Å². The van der Waals surface area contributed by atoms with Gasteiger partial charge in [-0.05, 0) is 54.7 Å². The van der Waals surface area contributed by atoms with Crippen molar-refractivity contribution in [3.05, 3.63) is 69.5 Å². The molecule has 1 aromatic heterocycles. The van der Waals surface area contributed by atoms with Crippen molar-refractivity contribution in [2.24, 2.45) is 0 Å². The third kappa shape index (κ3) is 5.35. The van der Waals surface area contributed by atoms with E-state index in [2.05, 4.69) is 57.3 Å². The Kier molecular flexibility index (Phi) is 6.74. The second kappa shape index (κ2) is 9.24. The number of methoxy groups -OCH3 is 1. The summed E-state index contributed by atoms with van der Waals surface area (Å²) in [5, 5.41) is 8.91. The largest absolute Gasteiger partial charge is 0.496 e. The molecule has 0 radical (unpaired) electrons. The lowest BCUT2D eigenvalue weighted by Gasteiger charge is -2.06. The van der Waals surface area contributed by atoms with Gasteiger partial charge in [-0.3, -0.25) is 0 Å². The first kappa shape index (κ1) is 19.0. The first-order chi connectivity index (χ1) is 12.6. The van der Waals surface area contributed by atoms with E-state index in [0.717, 1.165) is 40.8 Å². The lowest BCUT2D eigenvalue weighted by atomic mass is 10.1. The number of halogens is 1. The Morgan fingerprint density at radius 3 is 2.54 bits per heavy atom. The summed E-state index contributed by atoms with van der Waals surface area (Å²) >= 11 is 5.01. The van der Waals surface area contributed by atoms with Crippen LogP contribution in [0.2, 0.25) is 0 Å². The van der Waals surface area contributed by atoms with Crippen LogP contribution in [-0.2, 0) is 18.6 Å². The highest BCUT2D eigenvalue weighted by molar-refractivity contribution is 9.10. The average Bonchev–Trinajstić information content (AvgIpc) is 3.09. The molecule has 6 heteroatoms. The second-order valence-electron chi connectivity index (χ2n) is 6.03. The maximum absolute atomic E-state index is 5.74. The van der Waals surface area contributed by atoms with Gasteiger partial charge in [-0.25, -0.2) is 0 Å². The molecule has 136 valence electrons. The van der Waals surface area contributed by atoms with E-state index in [4.69, 9.17) is 9.15 Å². The highest BCUT2D eigenvalue weighted by Crippen LogP contribution is 2.23. The van der Waals surface area contributed by atoms with Crippen LogP contribution in [0.3, 0.4) is 0 Å². The molecule has 0 N–H and O–H groups in total. The van der Waals surface area contributed by atoms with Crippen LogP contribution in [0.4, 0.5) is 0 Å². The summed E-state index contributed by atoms with van der Waals surface area (Å²) in [4.78, 5) is 0. The fourth-order valence-electron chi connectivity index (χ4n) is 2.66. The van der Waals surface area contributed by atoms with Crippen LogP contribution in [0.1, 0.15) is 29.0 Å². The molecular formula is C20H21BrN2O2S. The van der Waals surface area contributed by atoms with Crippen LogP contribution in [0, 0.1) is 6.92 Å².